The Balaban J connectivity index is 1.64. The highest BCUT2D eigenvalue weighted by molar-refractivity contribution is 7.16. The van der Waals surface area contributed by atoms with Crippen LogP contribution in [0, 0.1) is 12.8 Å². The molecule has 6 heteroatoms. The van der Waals surface area contributed by atoms with E-state index in [0.717, 1.165) is 60.5 Å². The first-order chi connectivity index (χ1) is 14.1. The zero-order chi connectivity index (χ0) is 20.4. The van der Waals surface area contributed by atoms with E-state index in [2.05, 4.69) is 31.2 Å². The number of nitrogens with zero attached hydrogens (tertiary/aromatic N) is 3. The Kier molecular flexibility index (Phi) is 6.18. The average Bonchev–Trinajstić information content (AvgIpc) is 3.26. The Morgan fingerprint density at radius 2 is 2.14 bits per heavy atom. The minimum absolute atomic E-state index is 0.0806. The second-order valence-electron chi connectivity index (χ2n) is 8.60. The van der Waals surface area contributed by atoms with Crippen molar-refractivity contribution in [2.45, 2.75) is 84.7 Å². The van der Waals surface area contributed by atoms with Crippen LogP contribution in [0.1, 0.15) is 84.4 Å². The van der Waals surface area contributed by atoms with Crippen molar-refractivity contribution in [2.75, 3.05) is 0 Å². The molecule has 0 aromatic carbocycles. The topological polar surface area (TPSA) is 59.3 Å². The molecule has 1 unspecified atom stereocenters. The van der Waals surface area contributed by atoms with Crippen LogP contribution in [0.15, 0.2) is 11.2 Å². The molecule has 29 heavy (non-hydrogen) atoms. The largest absolute Gasteiger partial charge is 0.349 e. The van der Waals surface area contributed by atoms with Crippen molar-refractivity contribution in [2.24, 2.45) is 10.9 Å². The first-order valence-corrected chi connectivity index (χ1v) is 11.9. The smallest absolute Gasteiger partial charge is 0.254 e. The van der Waals surface area contributed by atoms with Gasteiger partial charge in [-0.15, -0.1) is 11.3 Å². The summed E-state index contributed by atoms with van der Waals surface area (Å²) in [5.74, 6) is 0.759. The molecule has 1 fully saturated rings. The summed E-state index contributed by atoms with van der Waals surface area (Å²) in [6.45, 7) is 7.30. The van der Waals surface area contributed by atoms with Gasteiger partial charge in [0.1, 0.15) is 5.00 Å². The summed E-state index contributed by atoms with van der Waals surface area (Å²) in [5, 5.41) is 8.59. The first-order valence-electron chi connectivity index (χ1n) is 11.1. The van der Waals surface area contributed by atoms with E-state index in [1.165, 1.54) is 29.7 Å². The molecule has 0 spiro atoms. The van der Waals surface area contributed by atoms with Crippen LogP contribution < -0.4 is 5.32 Å². The maximum absolute atomic E-state index is 13.3. The van der Waals surface area contributed by atoms with Crippen LogP contribution >= 0.6 is 11.3 Å². The Hall–Kier alpha value is -1.95. The third-order valence-electron chi connectivity index (χ3n) is 6.42. The number of amides is 1. The number of thiophene rings is 1. The molecule has 156 valence electrons. The highest BCUT2D eigenvalue weighted by Crippen LogP contribution is 2.41. The van der Waals surface area contributed by atoms with Gasteiger partial charge in [-0.25, -0.2) is 4.99 Å². The normalized spacial score (nSPS) is 20.2. The van der Waals surface area contributed by atoms with Gasteiger partial charge in [-0.2, -0.15) is 5.10 Å². The van der Waals surface area contributed by atoms with Crippen molar-refractivity contribution in [3.63, 3.8) is 0 Å². The first kappa shape index (κ1) is 20.3. The molecule has 2 aliphatic carbocycles. The van der Waals surface area contributed by atoms with E-state index in [-0.39, 0.29) is 5.91 Å². The van der Waals surface area contributed by atoms with Crippen LogP contribution in [-0.4, -0.2) is 27.9 Å². The zero-order valence-electron chi connectivity index (χ0n) is 17.8. The summed E-state index contributed by atoms with van der Waals surface area (Å²) < 4.78 is 1.97. The van der Waals surface area contributed by atoms with Gasteiger partial charge < -0.3 is 5.32 Å². The van der Waals surface area contributed by atoms with E-state index in [4.69, 9.17) is 4.99 Å². The molecule has 1 N–H and O–H groups in total. The standard InChI is InChI=1S/C23H32N4OS/c1-4-27-16(3)17(14-25-27)13-24-23-21(19-11-10-15(2)12-20(19)29-23)22(28)26-18-8-6-5-7-9-18/h13-15,18H,4-12H2,1-3H3,(H,26,28)/b24-13+. The van der Waals surface area contributed by atoms with E-state index >= 15 is 0 Å². The predicted molar refractivity (Wildman–Crippen MR) is 120 cm³/mol. The summed E-state index contributed by atoms with van der Waals surface area (Å²) in [7, 11) is 0. The fourth-order valence-electron chi connectivity index (χ4n) is 4.60. The van der Waals surface area contributed by atoms with Crippen LogP contribution in [0.4, 0.5) is 5.00 Å². The molecule has 5 nitrogen and oxygen atoms in total. The number of fused-ring (bicyclic) bond motifs is 1. The van der Waals surface area contributed by atoms with Crippen LogP contribution in [0.25, 0.3) is 0 Å². The monoisotopic (exact) mass is 412 g/mol. The number of aryl methyl sites for hydroxylation is 1. The molecule has 1 amide bonds. The van der Waals surface area contributed by atoms with E-state index in [1.807, 2.05) is 17.1 Å². The highest BCUT2D eigenvalue weighted by atomic mass is 32.1. The van der Waals surface area contributed by atoms with E-state index in [1.54, 1.807) is 11.3 Å². The van der Waals surface area contributed by atoms with E-state index in [0.29, 0.717) is 12.0 Å². The summed E-state index contributed by atoms with van der Waals surface area (Å²) in [4.78, 5) is 19.4. The van der Waals surface area contributed by atoms with Crippen molar-refractivity contribution in [1.82, 2.24) is 15.1 Å². The molecular weight excluding hydrogens is 380 g/mol. The lowest BCUT2D eigenvalue weighted by atomic mass is 9.88. The molecule has 0 aliphatic heterocycles. The molecule has 0 radical (unpaired) electrons. The fraction of sp³-hybridized carbons (Fsp3) is 0.609. The molecular formula is C23H32N4OS. The van der Waals surface area contributed by atoms with Gasteiger partial charge in [-0.1, -0.05) is 26.2 Å². The van der Waals surface area contributed by atoms with Gasteiger partial charge in [0, 0.05) is 34.9 Å². The third kappa shape index (κ3) is 4.32. The van der Waals surface area contributed by atoms with Gasteiger partial charge in [0.15, 0.2) is 0 Å². The van der Waals surface area contributed by atoms with E-state index < -0.39 is 0 Å². The number of hydrogen-bond acceptors (Lipinski definition) is 4. The molecule has 1 saturated carbocycles. The van der Waals surface area contributed by atoms with Crippen molar-refractivity contribution >= 4 is 28.5 Å². The van der Waals surface area contributed by atoms with Gasteiger partial charge in [0.2, 0.25) is 0 Å². The lowest BCUT2D eigenvalue weighted by Crippen LogP contribution is -2.36. The second-order valence-corrected chi connectivity index (χ2v) is 9.68. The van der Waals surface area contributed by atoms with Gasteiger partial charge in [-0.3, -0.25) is 9.48 Å². The number of nitrogens with one attached hydrogen (secondary N) is 1. The summed E-state index contributed by atoms with van der Waals surface area (Å²) >= 11 is 1.71. The van der Waals surface area contributed by atoms with Crippen LogP contribution in [0.3, 0.4) is 0 Å². The Morgan fingerprint density at radius 1 is 1.34 bits per heavy atom. The maximum Gasteiger partial charge on any atom is 0.254 e. The highest BCUT2D eigenvalue weighted by Gasteiger charge is 2.28. The van der Waals surface area contributed by atoms with Crippen LogP contribution in [-0.2, 0) is 19.4 Å². The summed E-state index contributed by atoms with van der Waals surface area (Å²) in [6.07, 6.45) is 12.9. The van der Waals surface area contributed by atoms with Gasteiger partial charge >= 0.3 is 0 Å². The Morgan fingerprint density at radius 3 is 2.86 bits per heavy atom. The number of rotatable bonds is 5. The van der Waals surface area contributed by atoms with E-state index in [9.17, 15) is 4.79 Å². The Labute approximate surface area is 177 Å². The SMILES string of the molecule is CCn1ncc(/C=N/c2sc3c(c2C(=O)NC2CCCCC2)CCC(C)C3)c1C. The van der Waals surface area contributed by atoms with Crippen molar-refractivity contribution in [3.05, 3.63) is 33.5 Å². The summed E-state index contributed by atoms with van der Waals surface area (Å²) in [6, 6.07) is 0.316. The zero-order valence-corrected chi connectivity index (χ0v) is 18.6. The van der Waals surface area contributed by atoms with Crippen molar-refractivity contribution in [3.8, 4) is 0 Å². The molecule has 0 saturated heterocycles. The number of aromatic nitrogens is 2. The minimum Gasteiger partial charge on any atom is -0.349 e. The van der Waals surface area contributed by atoms with Crippen molar-refractivity contribution in [1.29, 1.82) is 0 Å². The quantitative estimate of drug-likeness (QED) is 0.685. The molecule has 2 aromatic rings. The lowest BCUT2D eigenvalue weighted by molar-refractivity contribution is 0.0927. The third-order valence-corrected chi connectivity index (χ3v) is 7.58. The van der Waals surface area contributed by atoms with Crippen LogP contribution in [0.2, 0.25) is 0 Å². The maximum atomic E-state index is 13.3. The minimum atomic E-state index is 0.0806. The average molecular weight is 413 g/mol. The number of hydrogen-bond donors (Lipinski definition) is 1. The van der Waals surface area contributed by atoms with Crippen molar-refractivity contribution < 1.29 is 4.79 Å². The molecule has 4 rings (SSSR count). The van der Waals surface area contributed by atoms with Gasteiger partial charge in [0.25, 0.3) is 5.91 Å². The van der Waals surface area contributed by atoms with Gasteiger partial charge in [-0.05, 0) is 57.4 Å². The molecule has 2 aliphatic rings. The van der Waals surface area contributed by atoms with Gasteiger partial charge in [0.05, 0.1) is 11.8 Å². The molecule has 2 heterocycles. The second kappa shape index (κ2) is 8.82. The summed E-state index contributed by atoms with van der Waals surface area (Å²) in [5.41, 5.74) is 4.21. The van der Waals surface area contributed by atoms with Crippen LogP contribution in [0.5, 0.6) is 0 Å². The molecule has 0 bridgehead atoms. The number of carbonyl (C=O) groups excluding carboxylic acids is 1. The Bertz CT molecular complexity index is 904. The lowest BCUT2D eigenvalue weighted by Gasteiger charge is -2.23. The fourth-order valence-corrected chi connectivity index (χ4v) is 5.95. The number of carbonyl (C=O) groups is 1. The molecule has 2 aromatic heterocycles. The molecule has 1 atom stereocenters. The predicted octanol–water partition coefficient (Wildman–Crippen LogP) is 5.21. The number of aliphatic imine (C=N–C) groups is 1.